The van der Waals surface area contributed by atoms with Crippen LogP contribution in [0, 0.1) is 34.5 Å². The highest BCUT2D eigenvalue weighted by atomic mass is 16.5. The van der Waals surface area contributed by atoms with E-state index in [-0.39, 0.29) is 24.8 Å². The first-order valence-corrected chi connectivity index (χ1v) is 18.2. The van der Waals surface area contributed by atoms with Crippen LogP contribution in [0.4, 0.5) is 0 Å². The van der Waals surface area contributed by atoms with E-state index < -0.39 is 0 Å². The van der Waals surface area contributed by atoms with Crippen LogP contribution in [0.5, 0.6) is 0 Å². The molecule has 0 amide bonds. The fourth-order valence-electron chi connectivity index (χ4n) is 8.54. The molecular weight excluding hydrogens is 548 g/mol. The molecule has 6 unspecified atom stereocenters. The quantitative estimate of drug-likeness (QED) is 0.121. The molecule has 2 saturated carbocycles. The molecular formula is C38H74N2O4+2. The maximum Gasteiger partial charge on any atom is 0.306 e. The Morgan fingerprint density at radius 1 is 0.682 bits per heavy atom. The van der Waals surface area contributed by atoms with E-state index in [0.29, 0.717) is 36.1 Å². The van der Waals surface area contributed by atoms with Crippen molar-refractivity contribution in [1.82, 2.24) is 0 Å². The van der Waals surface area contributed by atoms with Gasteiger partial charge in [-0.2, -0.15) is 0 Å². The second-order valence-corrected chi connectivity index (χ2v) is 17.7. The van der Waals surface area contributed by atoms with Gasteiger partial charge in [0, 0.05) is 0 Å². The SMILES string of the molecule is CC1CCCC(C)(C)C1CCC(C)[N+](C)(C)CCOC(=O)CCC(=O)OCC[N+](C)(C)C(C)CCC1C(C)CCCC1(C)C. The van der Waals surface area contributed by atoms with Crippen LogP contribution < -0.4 is 0 Å². The maximum absolute atomic E-state index is 12.4. The molecule has 6 heteroatoms. The predicted molar refractivity (Wildman–Crippen MR) is 183 cm³/mol. The molecule has 258 valence electrons. The van der Waals surface area contributed by atoms with E-state index in [1.165, 1.54) is 64.2 Å². The lowest BCUT2D eigenvalue weighted by molar-refractivity contribution is -0.913. The minimum absolute atomic E-state index is 0.0838. The van der Waals surface area contributed by atoms with Crippen LogP contribution in [0.15, 0.2) is 0 Å². The molecule has 0 N–H and O–H groups in total. The predicted octanol–water partition coefficient (Wildman–Crippen LogP) is 8.27. The molecule has 0 spiro atoms. The summed E-state index contributed by atoms with van der Waals surface area (Å²) >= 11 is 0. The van der Waals surface area contributed by atoms with Crippen LogP contribution in [0.1, 0.15) is 132 Å². The third kappa shape index (κ3) is 11.9. The smallest absolute Gasteiger partial charge is 0.306 e. The molecule has 2 rings (SSSR count). The molecule has 6 atom stereocenters. The standard InChI is InChI=1S/C38H74N2O4/c1-29-15-13-23-37(5,6)33(29)19-17-31(3)39(9,10)25-27-43-35(41)21-22-36(42)44-28-26-40(11,12)32(4)18-20-34-30(2)16-14-24-38(34,7)8/h29-34H,13-28H2,1-12H3/q+2. The monoisotopic (exact) mass is 623 g/mol. The van der Waals surface area contributed by atoms with Gasteiger partial charge in [-0.1, -0.05) is 67.2 Å². The normalized spacial score (nSPS) is 26.9. The molecule has 2 aliphatic rings. The minimum Gasteiger partial charge on any atom is -0.460 e. The number of carbonyl (C=O) groups is 2. The molecule has 6 nitrogen and oxygen atoms in total. The van der Waals surface area contributed by atoms with Gasteiger partial charge in [-0.25, -0.2) is 0 Å². The van der Waals surface area contributed by atoms with Crippen molar-refractivity contribution in [2.24, 2.45) is 34.5 Å². The van der Waals surface area contributed by atoms with Gasteiger partial charge in [0.15, 0.2) is 0 Å². The first-order valence-electron chi connectivity index (χ1n) is 18.2. The van der Waals surface area contributed by atoms with E-state index in [2.05, 4.69) is 83.6 Å². The van der Waals surface area contributed by atoms with E-state index in [1.54, 1.807) is 0 Å². The van der Waals surface area contributed by atoms with Crippen molar-refractivity contribution in [1.29, 1.82) is 0 Å². The van der Waals surface area contributed by atoms with Crippen molar-refractivity contribution < 1.29 is 28.0 Å². The summed E-state index contributed by atoms with van der Waals surface area (Å²) < 4.78 is 12.8. The van der Waals surface area contributed by atoms with Gasteiger partial charge in [-0.3, -0.25) is 9.59 Å². The zero-order valence-electron chi connectivity index (χ0n) is 31.3. The molecule has 44 heavy (non-hydrogen) atoms. The van der Waals surface area contributed by atoms with Gasteiger partial charge < -0.3 is 18.4 Å². The molecule has 0 saturated heterocycles. The van der Waals surface area contributed by atoms with E-state index in [0.717, 1.165) is 45.7 Å². The Balaban J connectivity index is 1.63. The van der Waals surface area contributed by atoms with Crippen LogP contribution in [0.3, 0.4) is 0 Å². The van der Waals surface area contributed by atoms with E-state index >= 15 is 0 Å². The van der Waals surface area contributed by atoms with Gasteiger partial charge in [0.2, 0.25) is 0 Å². The number of likely N-dealkylation sites (N-methyl/N-ethyl adjacent to an activating group) is 2. The molecule has 0 aromatic rings. The van der Waals surface area contributed by atoms with Gasteiger partial charge in [0.1, 0.15) is 26.3 Å². The Labute approximate surface area is 273 Å². The first-order chi connectivity index (χ1) is 20.3. The van der Waals surface area contributed by atoms with Crippen LogP contribution in [0.2, 0.25) is 0 Å². The summed E-state index contributed by atoms with van der Waals surface area (Å²) in [4.78, 5) is 24.8. The Bertz CT molecular complexity index is 823. The van der Waals surface area contributed by atoms with Crippen molar-refractivity contribution in [3.8, 4) is 0 Å². The third-order valence-corrected chi connectivity index (χ3v) is 12.9. The van der Waals surface area contributed by atoms with Crippen molar-refractivity contribution in [2.75, 3.05) is 54.5 Å². The fraction of sp³-hybridized carbons (Fsp3) is 0.947. The van der Waals surface area contributed by atoms with Crippen molar-refractivity contribution >= 4 is 11.9 Å². The van der Waals surface area contributed by atoms with E-state index in [4.69, 9.17) is 9.47 Å². The second-order valence-electron chi connectivity index (χ2n) is 17.7. The largest absolute Gasteiger partial charge is 0.460 e. The van der Waals surface area contributed by atoms with E-state index in [1.807, 2.05) is 0 Å². The summed E-state index contributed by atoms with van der Waals surface area (Å²) in [6.45, 7) is 21.7. The van der Waals surface area contributed by atoms with Crippen LogP contribution in [-0.4, -0.2) is 87.5 Å². The van der Waals surface area contributed by atoms with Crippen molar-refractivity contribution in [3.05, 3.63) is 0 Å². The lowest BCUT2D eigenvalue weighted by atomic mass is 9.62. The van der Waals surface area contributed by atoms with Gasteiger partial charge in [-0.15, -0.1) is 0 Å². The number of rotatable bonds is 17. The number of hydrogen-bond acceptors (Lipinski definition) is 4. The van der Waals surface area contributed by atoms with Gasteiger partial charge in [0.05, 0.1) is 53.1 Å². The highest BCUT2D eigenvalue weighted by Gasteiger charge is 2.39. The Kier molecular flexibility index (Phi) is 14.7. The number of quaternary nitrogens is 2. The second kappa shape index (κ2) is 16.6. The Hall–Kier alpha value is -1.14. The van der Waals surface area contributed by atoms with Crippen molar-refractivity contribution in [3.63, 3.8) is 0 Å². The Morgan fingerprint density at radius 2 is 1.02 bits per heavy atom. The zero-order valence-corrected chi connectivity index (χ0v) is 31.3. The third-order valence-electron chi connectivity index (χ3n) is 12.9. The number of hydrogen-bond donors (Lipinski definition) is 0. The number of carbonyl (C=O) groups excluding carboxylic acids is 2. The average molecular weight is 623 g/mol. The zero-order chi connectivity index (χ0) is 33.3. The highest BCUT2D eigenvalue weighted by Crippen LogP contribution is 2.47. The number of ether oxygens (including phenoxy) is 2. The topological polar surface area (TPSA) is 52.6 Å². The van der Waals surface area contributed by atoms with Crippen LogP contribution in [-0.2, 0) is 19.1 Å². The summed E-state index contributed by atoms with van der Waals surface area (Å²) in [6.07, 6.45) is 13.2. The molecule has 0 aliphatic heterocycles. The molecule has 0 radical (unpaired) electrons. The van der Waals surface area contributed by atoms with Crippen LogP contribution in [0.25, 0.3) is 0 Å². The van der Waals surface area contributed by atoms with Gasteiger partial charge in [0.25, 0.3) is 0 Å². The molecule has 0 bridgehead atoms. The molecule has 2 fully saturated rings. The molecule has 0 heterocycles. The lowest BCUT2D eigenvalue weighted by Crippen LogP contribution is -2.50. The number of esters is 2. The van der Waals surface area contributed by atoms with Gasteiger partial charge >= 0.3 is 11.9 Å². The first kappa shape index (κ1) is 39.0. The summed E-state index contributed by atoms with van der Waals surface area (Å²) in [7, 11) is 8.96. The lowest BCUT2D eigenvalue weighted by Gasteiger charge is -2.44. The van der Waals surface area contributed by atoms with Crippen molar-refractivity contribution in [2.45, 2.75) is 145 Å². The summed E-state index contributed by atoms with van der Waals surface area (Å²) in [5, 5.41) is 0. The molecule has 2 aliphatic carbocycles. The average Bonchev–Trinajstić information content (AvgIpc) is 2.90. The molecule has 0 aromatic carbocycles. The molecule has 0 aromatic heterocycles. The van der Waals surface area contributed by atoms with Crippen LogP contribution >= 0.6 is 0 Å². The maximum atomic E-state index is 12.4. The Morgan fingerprint density at radius 3 is 1.34 bits per heavy atom. The summed E-state index contributed by atoms with van der Waals surface area (Å²) in [5.41, 5.74) is 0.868. The minimum atomic E-state index is -0.308. The summed E-state index contributed by atoms with van der Waals surface area (Å²) in [5.74, 6) is 2.56. The fourth-order valence-corrected chi connectivity index (χ4v) is 8.54. The van der Waals surface area contributed by atoms with Gasteiger partial charge in [-0.05, 0) is 86.9 Å². The highest BCUT2D eigenvalue weighted by molar-refractivity contribution is 5.77. The summed E-state index contributed by atoms with van der Waals surface area (Å²) in [6, 6.07) is 1.00. The number of nitrogens with zero attached hydrogens (tertiary/aromatic N) is 2. The van der Waals surface area contributed by atoms with E-state index in [9.17, 15) is 9.59 Å².